The molecule has 9 heteroatoms. The average molecular weight is 319 g/mol. The molecule has 0 fully saturated rings. The van der Waals surface area contributed by atoms with E-state index in [9.17, 15) is 19.2 Å². The van der Waals surface area contributed by atoms with E-state index in [0.717, 1.165) is 0 Å². The van der Waals surface area contributed by atoms with E-state index in [1.165, 1.54) is 33.8 Å². The first-order valence-corrected chi connectivity index (χ1v) is 7.05. The Kier molecular flexibility index (Phi) is 5.23. The smallest absolute Gasteiger partial charge is 0.328 e. The quantitative estimate of drug-likeness (QED) is 0.679. The molecule has 2 rings (SSSR count). The third kappa shape index (κ3) is 4.77. The third-order valence-corrected chi connectivity index (χ3v) is 3.17. The summed E-state index contributed by atoms with van der Waals surface area (Å²) < 4.78 is 2.65. The first kappa shape index (κ1) is 16.4. The lowest BCUT2D eigenvalue weighted by Gasteiger charge is -2.08. The molecule has 0 saturated heterocycles. The zero-order valence-electron chi connectivity index (χ0n) is 12.6. The number of carbonyl (C=O) groups excluding carboxylic acids is 1. The second kappa shape index (κ2) is 7.34. The Balaban J connectivity index is 1.80. The van der Waals surface area contributed by atoms with Crippen LogP contribution < -0.4 is 22.1 Å². The van der Waals surface area contributed by atoms with Crippen LogP contribution in [0.4, 0.5) is 0 Å². The van der Waals surface area contributed by atoms with E-state index in [-0.39, 0.29) is 31.0 Å². The summed E-state index contributed by atoms with van der Waals surface area (Å²) in [6.45, 7) is 2.49. The monoisotopic (exact) mass is 319 g/mol. The summed E-state index contributed by atoms with van der Waals surface area (Å²) in [5, 5.41) is 2.66. The molecule has 0 aromatic carbocycles. The maximum Gasteiger partial charge on any atom is 0.328 e. The molecule has 0 unspecified atom stereocenters. The molecule has 0 saturated carbocycles. The molecule has 1 amide bonds. The van der Waals surface area contributed by atoms with Crippen LogP contribution in [0.15, 0.2) is 39.0 Å². The van der Waals surface area contributed by atoms with Crippen molar-refractivity contribution in [2.45, 2.75) is 26.4 Å². The van der Waals surface area contributed by atoms with Gasteiger partial charge in [0.25, 0.3) is 11.1 Å². The predicted octanol–water partition coefficient (Wildman–Crippen LogP) is -1.39. The van der Waals surface area contributed by atoms with E-state index in [2.05, 4.69) is 15.3 Å². The number of hydrogen-bond acceptors (Lipinski definition) is 5. The van der Waals surface area contributed by atoms with Gasteiger partial charge in [0.2, 0.25) is 5.91 Å². The van der Waals surface area contributed by atoms with Crippen molar-refractivity contribution in [1.29, 1.82) is 0 Å². The van der Waals surface area contributed by atoms with Crippen molar-refractivity contribution >= 4 is 5.91 Å². The van der Waals surface area contributed by atoms with Crippen LogP contribution in [0.1, 0.15) is 12.1 Å². The first-order valence-electron chi connectivity index (χ1n) is 7.05. The van der Waals surface area contributed by atoms with Crippen molar-refractivity contribution in [3.8, 4) is 0 Å². The van der Waals surface area contributed by atoms with Gasteiger partial charge in [0.15, 0.2) is 0 Å². The van der Waals surface area contributed by atoms with Gasteiger partial charge >= 0.3 is 5.69 Å². The van der Waals surface area contributed by atoms with Crippen LogP contribution in [0.2, 0.25) is 0 Å². The molecular weight excluding hydrogens is 302 g/mol. The number of amides is 1. The molecule has 2 aromatic rings. The number of aromatic nitrogens is 4. The van der Waals surface area contributed by atoms with Gasteiger partial charge in [-0.25, -0.2) is 9.78 Å². The van der Waals surface area contributed by atoms with Gasteiger partial charge in [-0.1, -0.05) is 0 Å². The number of rotatable bonds is 6. The van der Waals surface area contributed by atoms with Crippen LogP contribution in [0.25, 0.3) is 0 Å². The Morgan fingerprint density at radius 1 is 1.26 bits per heavy atom. The molecule has 9 nitrogen and oxygen atoms in total. The lowest BCUT2D eigenvalue weighted by Crippen LogP contribution is -2.33. The van der Waals surface area contributed by atoms with Crippen LogP contribution in [0.3, 0.4) is 0 Å². The zero-order chi connectivity index (χ0) is 16.8. The molecule has 23 heavy (non-hydrogen) atoms. The molecule has 0 aliphatic carbocycles. The van der Waals surface area contributed by atoms with Crippen molar-refractivity contribution in [2.75, 3.05) is 6.54 Å². The van der Waals surface area contributed by atoms with Gasteiger partial charge in [0.1, 0.15) is 0 Å². The van der Waals surface area contributed by atoms with Gasteiger partial charge in [-0.3, -0.25) is 23.9 Å². The summed E-state index contributed by atoms with van der Waals surface area (Å²) in [6.07, 6.45) is 2.86. The Morgan fingerprint density at radius 2 is 2.04 bits per heavy atom. The van der Waals surface area contributed by atoms with E-state index in [1.54, 1.807) is 6.92 Å². The molecule has 2 heterocycles. The molecule has 122 valence electrons. The maximum absolute atomic E-state index is 11.7. The van der Waals surface area contributed by atoms with Gasteiger partial charge in [-0.2, -0.15) is 0 Å². The van der Waals surface area contributed by atoms with Crippen LogP contribution in [-0.4, -0.2) is 31.6 Å². The van der Waals surface area contributed by atoms with Gasteiger partial charge in [0, 0.05) is 50.1 Å². The van der Waals surface area contributed by atoms with Crippen LogP contribution in [-0.2, 0) is 17.9 Å². The fourth-order valence-corrected chi connectivity index (χ4v) is 1.93. The van der Waals surface area contributed by atoms with E-state index in [4.69, 9.17) is 0 Å². The molecule has 0 atom stereocenters. The van der Waals surface area contributed by atoms with Crippen LogP contribution in [0, 0.1) is 6.92 Å². The lowest BCUT2D eigenvalue weighted by atomic mass is 10.4. The van der Waals surface area contributed by atoms with Gasteiger partial charge in [-0.15, -0.1) is 0 Å². The minimum absolute atomic E-state index is 0.0903. The summed E-state index contributed by atoms with van der Waals surface area (Å²) in [6, 6.07) is 2.64. The number of H-pyrrole nitrogens is 1. The highest BCUT2D eigenvalue weighted by molar-refractivity contribution is 5.75. The molecule has 2 N–H and O–H groups in total. The summed E-state index contributed by atoms with van der Waals surface area (Å²) in [5.41, 5.74) is -0.566. The minimum Gasteiger partial charge on any atom is -0.354 e. The summed E-state index contributed by atoms with van der Waals surface area (Å²) in [5.74, 6) is -0.254. The van der Waals surface area contributed by atoms with Gasteiger partial charge in [0.05, 0.1) is 6.33 Å². The second-order valence-electron chi connectivity index (χ2n) is 4.97. The summed E-state index contributed by atoms with van der Waals surface area (Å²) in [4.78, 5) is 51.9. The van der Waals surface area contributed by atoms with E-state index in [1.807, 2.05) is 0 Å². The van der Waals surface area contributed by atoms with Crippen molar-refractivity contribution in [3.63, 3.8) is 0 Å². The highest BCUT2D eigenvalue weighted by Crippen LogP contribution is 1.87. The molecule has 0 bridgehead atoms. The van der Waals surface area contributed by atoms with Crippen molar-refractivity contribution in [3.05, 3.63) is 61.5 Å². The van der Waals surface area contributed by atoms with Crippen molar-refractivity contribution in [1.82, 2.24) is 24.4 Å². The number of hydrogen-bond donors (Lipinski definition) is 2. The molecule has 0 radical (unpaired) electrons. The summed E-state index contributed by atoms with van der Waals surface area (Å²) in [7, 11) is 0. The van der Waals surface area contributed by atoms with Crippen LogP contribution >= 0.6 is 0 Å². The maximum atomic E-state index is 11.7. The van der Waals surface area contributed by atoms with Crippen molar-refractivity contribution in [2.24, 2.45) is 0 Å². The Bertz CT molecular complexity index is 864. The molecular formula is C14H17N5O4. The molecule has 2 aromatic heterocycles. The lowest BCUT2D eigenvalue weighted by molar-refractivity contribution is -0.121. The fraction of sp³-hybridized carbons (Fsp3) is 0.357. The van der Waals surface area contributed by atoms with E-state index in [0.29, 0.717) is 12.2 Å². The Labute approximate surface area is 130 Å². The highest BCUT2D eigenvalue weighted by Gasteiger charge is 2.04. The SMILES string of the molecule is Cc1cc(=O)n(CCNC(=O)CCn2ccc(=O)[nH]c2=O)cn1. The summed E-state index contributed by atoms with van der Waals surface area (Å²) >= 11 is 0. The van der Waals surface area contributed by atoms with Gasteiger partial charge < -0.3 is 9.88 Å². The van der Waals surface area contributed by atoms with Gasteiger partial charge in [-0.05, 0) is 6.92 Å². The fourth-order valence-electron chi connectivity index (χ4n) is 1.93. The Morgan fingerprint density at radius 3 is 2.74 bits per heavy atom. The van der Waals surface area contributed by atoms with Crippen LogP contribution in [0.5, 0.6) is 0 Å². The van der Waals surface area contributed by atoms with E-state index >= 15 is 0 Å². The normalized spacial score (nSPS) is 10.5. The topological polar surface area (TPSA) is 119 Å². The first-order chi connectivity index (χ1) is 11.0. The Hall–Kier alpha value is -2.97. The average Bonchev–Trinajstić information content (AvgIpc) is 2.48. The number of carbonyl (C=O) groups is 1. The third-order valence-electron chi connectivity index (χ3n) is 3.17. The predicted molar refractivity (Wildman–Crippen MR) is 82.2 cm³/mol. The minimum atomic E-state index is -0.553. The molecule has 0 aliphatic rings. The number of aromatic amines is 1. The van der Waals surface area contributed by atoms with E-state index < -0.39 is 11.2 Å². The largest absolute Gasteiger partial charge is 0.354 e. The number of aryl methyl sites for hydroxylation is 2. The molecule has 0 spiro atoms. The number of nitrogens with one attached hydrogen (secondary N) is 2. The highest BCUT2D eigenvalue weighted by atomic mass is 16.2. The molecule has 0 aliphatic heterocycles. The zero-order valence-corrected chi connectivity index (χ0v) is 12.6. The standard InChI is InChI=1S/C14H17N5O4/c1-10-8-13(22)19(9-16-10)7-4-15-11(20)2-5-18-6-3-12(21)17-14(18)23/h3,6,8-9H,2,4-5,7H2,1H3,(H,15,20)(H,17,21,23). The van der Waals surface area contributed by atoms with Crippen molar-refractivity contribution < 1.29 is 4.79 Å². The number of nitrogens with zero attached hydrogens (tertiary/aromatic N) is 3. The second-order valence-corrected chi connectivity index (χ2v) is 4.97.